The first-order valence-electron chi connectivity index (χ1n) is 16.6. The number of nitrogens with zero attached hydrogens (tertiary/aromatic N) is 4. The molecule has 0 aliphatic carbocycles. The maximum atomic E-state index is 14.5. The van der Waals surface area contributed by atoms with Crippen LogP contribution in [0.3, 0.4) is 0 Å². The minimum Gasteiger partial charge on any atom is -0.384 e. The zero-order valence-electron chi connectivity index (χ0n) is 28.0. The Kier molecular flexibility index (Phi) is 10.8. The van der Waals surface area contributed by atoms with E-state index in [-0.39, 0.29) is 36.2 Å². The number of alkyl halides is 3. The lowest BCUT2D eigenvalue weighted by molar-refractivity contribution is -0.137. The monoisotopic (exact) mass is 714 g/mol. The van der Waals surface area contributed by atoms with Crippen molar-refractivity contribution in [1.82, 2.24) is 19.4 Å². The maximum Gasteiger partial charge on any atom is 0.417 e. The second-order valence-electron chi connectivity index (χ2n) is 13.0. The van der Waals surface area contributed by atoms with E-state index >= 15 is 0 Å². The van der Waals surface area contributed by atoms with Crippen LogP contribution in [0.5, 0.6) is 0 Å². The van der Waals surface area contributed by atoms with Gasteiger partial charge in [-0.25, -0.2) is 13.4 Å². The number of anilines is 3. The summed E-state index contributed by atoms with van der Waals surface area (Å²) in [5, 5.41) is 7.12. The van der Waals surface area contributed by atoms with Gasteiger partial charge in [-0.15, -0.1) is 0 Å². The van der Waals surface area contributed by atoms with E-state index in [0.717, 1.165) is 49.4 Å². The molecule has 6 rings (SSSR count). The molecule has 2 aromatic heterocycles. The van der Waals surface area contributed by atoms with Crippen LogP contribution in [0.1, 0.15) is 31.2 Å². The third-order valence-corrected chi connectivity index (χ3v) is 10.9. The molecule has 15 heteroatoms. The van der Waals surface area contributed by atoms with Crippen LogP contribution in [-0.2, 0) is 32.0 Å². The van der Waals surface area contributed by atoms with E-state index in [1.54, 1.807) is 0 Å². The number of likely N-dealkylation sites (N-methyl/N-ethyl adjacent to an activating group) is 1. The molecule has 0 amide bonds. The van der Waals surface area contributed by atoms with Gasteiger partial charge in [-0.2, -0.15) is 18.2 Å². The van der Waals surface area contributed by atoms with Crippen molar-refractivity contribution in [3.8, 4) is 11.1 Å². The first kappa shape index (κ1) is 35.8. The third kappa shape index (κ3) is 8.28. The minimum atomic E-state index is -4.95. The molecule has 11 nitrogen and oxygen atoms in total. The molecular formula is C35H41F3N6O5S. The van der Waals surface area contributed by atoms with Crippen molar-refractivity contribution in [3.05, 3.63) is 70.6 Å². The van der Waals surface area contributed by atoms with Crippen molar-refractivity contribution < 1.29 is 31.1 Å². The molecular weight excluding hydrogens is 673 g/mol. The first-order valence-corrected chi connectivity index (χ1v) is 18.3. The highest BCUT2D eigenvalue weighted by molar-refractivity contribution is 7.91. The molecule has 1 unspecified atom stereocenters. The lowest BCUT2D eigenvalue weighted by Gasteiger charge is -2.30. The van der Waals surface area contributed by atoms with E-state index in [4.69, 9.17) is 9.47 Å². The van der Waals surface area contributed by atoms with Crippen molar-refractivity contribution in [1.29, 1.82) is 0 Å². The molecule has 0 bridgehead atoms. The fourth-order valence-corrected chi connectivity index (χ4v) is 7.76. The van der Waals surface area contributed by atoms with Gasteiger partial charge in [-0.05, 0) is 93.2 Å². The van der Waals surface area contributed by atoms with Gasteiger partial charge < -0.3 is 25.0 Å². The van der Waals surface area contributed by atoms with E-state index in [9.17, 15) is 26.4 Å². The fourth-order valence-electron chi connectivity index (χ4n) is 6.56. The van der Waals surface area contributed by atoms with Gasteiger partial charge in [-0.1, -0.05) is 6.07 Å². The van der Waals surface area contributed by atoms with Gasteiger partial charge in [0.25, 0.3) is 5.56 Å². The Balaban J connectivity index is 1.36. The van der Waals surface area contributed by atoms with Crippen LogP contribution in [0.4, 0.5) is 30.5 Å². The van der Waals surface area contributed by atoms with E-state index in [2.05, 4.69) is 32.5 Å². The van der Waals surface area contributed by atoms with Crippen molar-refractivity contribution in [2.75, 3.05) is 63.5 Å². The number of nitrogens with one attached hydrogen (secondary N) is 2. The summed E-state index contributed by atoms with van der Waals surface area (Å²) in [6, 6.07) is 12.2. The Morgan fingerprint density at radius 3 is 2.46 bits per heavy atom. The molecule has 4 aromatic rings. The van der Waals surface area contributed by atoms with Gasteiger partial charge in [0.05, 0.1) is 22.8 Å². The van der Waals surface area contributed by atoms with E-state index in [1.807, 2.05) is 24.3 Å². The Labute approximate surface area is 288 Å². The Bertz CT molecular complexity index is 1980. The molecule has 0 radical (unpaired) electrons. The number of benzene rings is 2. The lowest BCUT2D eigenvalue weighted by atomic mass is 9.98. The van der Waals surface area contributed by atoms with Crippen molar-refractivity contribution in [2.24, 2.45) is 5.92 Å². The zero-order chi connectivity index (χ0) is 35.5. The van der Waals surface area contributed by atoms with Crippen LogP contribution in [0.25, 0.3) is 22.2 Å². The minimum absolute atomic E-state index is 0.0330. The van der Waals surface area contributed by atoms with Crippen molar-refractivity contribution in [2.45, 2.75) is 49.3 Å². The van der Waals surface area contributed by atoms with Gasteiger partial charge in [0.2, 0.25) is 5.95 Å². The molecule has 2 saturated heterocycles. The van der Waals surface area contributed by atoms with E-state index < -0.39 is 43.3 Å². The zero-order valence-corrected chi connectivity index (χ0v) is 28.8. The lowest BCUT2D eigenvalue weighted by Crippen LogP contribution is -2.39. The van der Waals surface area contributed by atoms with Gasteiger partial charge in [-0.3, -0.25) is 9.36 Å². The number of hydrogen-bond acceptors (Lipinski definition) is 10. The molecule has 50 heavy (non-hydrogen) atoms. The SMILES string of the molecule is COCCS(=O)(=O)c1ccc(-c2cc3cnc(Nc4ccc(NC5CCCN(C)C5)cc4)nc3n(CC3CCOCC3)c2=O)c(C(F)(F)F)c1. The van der Waals surface area contributed by atoms with E-state index in [0.29, 0.717) is 43.5 Å². The van der Waals surface area contributed by atoms with Crippen molar-refractivity contribution >= 4 is 38.2 Å². The molecule has 2 aliphatic heterocycles. The first-order chi connectivity index (χ1) is 23.9. The van der Waals surface area contributed by atoms with Crippen LogP contribution in [0.2, 0.25) is 0 Å². The number of fused-ring (bicyclic) bond motifs is 1. The predicted octanol–water partition coefficient (Wildman–Crippen LogP) is 5.57. The number of pyridine rings is 1. The summed E-state index contributed by atoms with van der Waals surface area (Å²) in [5.74, 6) is -0.228. The summed E-state index contributed by atoms with van der Waals surface area (Å²) in [5.41, 5.74) is -0.556. The average Bonchev–Trinajstić information content (AvgIpc) is 3.09. The molecule has 2 fully saturated rings. The highest BCUT2D eigenvalue weighted by Gasteiger charge is 2.36. The number of rotatable bonds is 11. The highest BCUT2D eigenvalue weighted by atomic mass is 32.2. The molecule has 0 spiro atoms. The normalized spacial score (nSPS) is 18.0. The number of ether oxygens (including phenoxy) is 2. The number of sulfone groups is 1. The second-order valence-corrected chi connectivity index (χ2v) is 15.1. The Hall–Kier alpha value is -4.05. The fraction of sp³-hybridized carbons (Fsp3) is 0.457. The Morgan fingerprint density at radius 1 is 1.02 bits per heavy atom. The Morgan fingerprint density at radius 2 is 1.76 bits per heavy atom. The number of piperidine rings is 1. The number of hydrogen-bond donors (Lipinski definition) is 2. The highest BCUT2D eigenvalue weighted by Crippen LogP contribution is 2.38. The van der Waals surface area contributed by atoms with Gasteiger partial charge in [0.15, 0.2) is 9.84 Å². The molecule has 2 aromatic carbocycles. The van der Waals surface area contributed by atoms with Crippen LogP contribution in [-0.4, -0.2) is 86.7 Å². The maximum absolute atomic E-state index is 14.5. The average molecular weight is 715 g/mol. The standard InChI is InChI=1S/C35H41F3N6O5S/c1-43-13-3-4-27(22-43)40-25-5-7-26(8-6-25)41-34-39-20-24-18-30(33(45)44(32(24)42-34)21-23-11-14-49-15-12-23)29-10-9-28(19-31(29)35(36,37)38)50(46,47)17-16-48-2/h5-10,18-20,23,27,40H,3-4,11-17,21-22H2,1-2H3,(H,39,41,42). The third-order valence-electron chi connectivity index (χ3n) is 9.25. The molecule has 2 aliphatic rings. The van der Waals surface area contributed by atoms with Crippen LogP contribution < -0.4 is 16.2 Å². The molecule has 268 valence electrons. The van der Waals surface area contributed by atoms with Gasteiger partial charge in [0, 0.05) is 68.0 Å². The van der Waals surface area contributed by atoms with Crippen LogP contribution in [0.15, 0.2) is 64.4 Å². The summed E-state index contributed by atoms with van der Waals surface area (Å²) in [6.45, 7) is 3.13. The summed E-state index contributed by atoms with van der Waals surface area (Å²) < 4.78 is 80.8. The predicted molar refractivity (Wildman–Crippen MR) is 186 cm³/mol. The van der Waals surface area contributed by atoms with Crippen LogP contribution >= 0.6 is 0 Å². The largest absolute Gasteiger partial charge is 0.417 e. The molecule has 2 N–H and O–H groups in total. The van der Waals surface area contributed by atoms with Crippen molar-refractivity contribution in [3.63, 3.8) is 0 Å². The van der Waals surface area contributed by atoms with Crippen LogP contribution in [0, 0.1) is 5.92 Å². The topological polar surface area (TPSA) is 128 Å². The quantitative estimate of drug-likeness (QED) is 0.204. The molecule has 1 atom stereocenters. The molecule has 0 saturated carbocycles. The number of methoxy groups -OCH3 is 1. The smallest absolute Gasteiger partial charge is 0.384 e. The second kappa shape index (κ2) is 15.1. The summed E-state index contributed by atoms with van der Waals surface area (Å²) in [4.78, 5) is 25.1. The van der Waals surface area contributed by atoms with E-state index in [1.165, 1.54) is 23.9 Å². The van der Waals surface area contributed by atoms with Gasteiger partial charge in [0.1, 0.15) is 5.65 Å². The molecule has 4 heterocycles. The number of likely N-dealkylation sites (tertiary alicyclic amines) is 1. The van der Waals surface area contributed by atoms with Gasteiger partial charge >= 0.3 is 6.18 Å². The summed E-state index contributed by atoms with van der Waals surface area (Å²) in [6.07, 6.45) is 0.120. The number of aromatic nitrogens is 3. The summed E-state index contributed by atoms with van der Waals surface area (Å²) >= 11 is 0. The summed E-state index contributed by atoms with van der Waals surface area (Å²) in [7, 11) is -0.649. The number of halogens is 3.